The van der Waals surface area contributed by atoms with Crippen molar-refractivity contribution < 1.29 is 14.3 Å². The van der Waals surface area contributed by atoms with E-state index in [1.807, 2.05) is 18.2 Å². The monoisotopic (exact) mass is 412 g/mol. The third-order valence-corrected chi connectivity index (χ3v) is 5.01. The van der Waals surface area contributed by atoms with E-state index in [1.165, 1.54) is 7.11 Å². The molecule has 1 aliphatic rings. The van der Waals surface area contributed by atoms with E-state index in [-0.39, 0.29) is 6.03 Å². The van der Waals surface area contributed by atoms with E-state index in [4.69, 9.17) is 21.1 Å². The van der Waals surface area contributed by atoms with E-state index in [0.717, 1.165) is 24.1 Å². The van der Waals surface area contributed by atoms with E-state index in [2.05, 4.69) is 20.8 Å². The van der Waals surface area contributed by atoms with Crippen molar-refractivity contribution in [2.45, 2.75) is 18.8 Å². The Balaban J connectivity index is 1.60. The summed E-state index contributed by atoms with van der Waals surface area (Å²) in [6.45, 7) is 0. The lowest BCUT2D eigenvalue weighted by Gasteiger charge is -2.13. The smallest absolute Gasteiger partial charge is 0.323 e. The van der Waals surface area contributed by atoms with E-state index in [0.29, 0.717) is 39.5 Å². The van der Waals surface area contributed by atoms with Crippen LogP contribution >= 0.6 is 11.6 Å². The Kier molecular flexibility index (Phi) is 5.31. The van der Waals surface area contributed by atoms with Crippen molar-refractivity contribution in [3.63, 3.8) is 0 Å². The minimum atomic E-state index is -0.389. The fourth-order valence-corrected chi connectivity index (χ4v) is 3.35. The first kappa shape index (κ1) is 19.1. The number of aromatic nitrogens is 2. The minimum Gasteiger partial charge on any atom is -0.497 e. The molecule has 7 nitrogen and oxygen atoms in total. The number of rotatable bonds is 6. The fourth-order valence-electron chi connectivity index (χ4n) is 3.16. The highest BCUT2D eigenvalue weighted by atomic mass is 35.5. The highest BCUT2D eigenvalue weighted by Crippen LogP contribution is 2.45. The number of H-pyrrole nitrogens is 1. The summed E-state index contributed by atoms with van der Waals surface area (Å²) in [6.07, 6.45) is 2.14. The van der Waals surface area contributed by atoms with E-state index >= 15 is 0 Å². The predicted octanol–water partition coefficient (Wildman–Crippen LogP) is 5.27. The van der Waals surface area contributed by atoms with E-state index < -0.39 is 0 Å². The number of amides is 2. The average Bonchev–Trinajstić information content (AvgIpc) is 3.48. The Morgan fingerprint density at radius 1 is 1.14 bits per heavy atom. The van der Waals surface area contributed by atoms with Gasteiger partial charge in [-0.3, -0.25) is 5.10 Å². The van der Waals surface area contributed by atoms with Crippen molar-refractivity contribution in [2.24, 2.45) is 0 Å². The average molecular weight is 413 g/mol. The summed E-state index contributed by atoms with van der Waals surface area (Å²) >= 11 is 6.14. The summed E-state index contributed by atoms with van der Waals surface area (Å²) in [4.78, 5) is 12.8. The molecule has 2 amide bonds. The van der Waals surface area contributed by atoms with Crippen LogP contribution in [0.4, 0.5) is 16.2 Å². The van der Waals surface area contributed by atoms with E-state index in [1.54, 1.807) is 31.4 Å². The molecule has 1 aromatic heterocycles. The van der Waals surface area contributed by atoms with Crippen molar-refractivity contribution in [3.8, 4) is 22.8 Å². The molecule has 0 radical (unpaired) electrons. The molecule has 3 N–H and O–H groups in total. The van der Waals surface area contributed by atoms with Crippen LogP contribution in [0.25, 0.3) is 11.3 Å². The van der Waals surface area contributed by atoms with Gasteiger partial charge in [-0.15, -0.1) is 0 Å². The van der Waals surface area contributed by atoms with Crippen LogP contribution in [0.3, 0.4) is 0 Å². The molecule has 1 heterocycles. The number of benzene rings is 2. The Bertz CT molecular complexity index is 1050. The third-order valence-electron chi connectivity index (χ3n) is 4.77. The number of hydrogen-bond acceptors (Lipinski definition) is 4. The van der Waals surface area contributed by atoms with Gasteiger partial charge in [0.05, 0.1) is 31.3 Å². The zero-order valence-corrected chi connectivity index (χ0v) is 16.8. The van der Waals surface area contributed by atoms with Gasteiger partial charge >= 0.3 is 6.03 Å². The maximum Gasteiger partial charge on any atom is 0.323 e. The second kappa shape index (κ2) is 8.05. The second-order valence-corrected chi connectivity index (χ2v) is 7.23. The molecule has 4 rings (SSSR count). The second-order valence-electron chi connectivity index (χ2n) is 6.79. The molecule has 150 valence electrons. The lowest BCUT2D eigenvalue weighted by atomic mass is 10.1. The number of urea groups is 1. The molecular weight excluding hydrogens is 392 g/mol. The van der Waals surface area contributed by atoms with Crippen molar-refractivity contribution in [3.05, 3.63) is 53.2 Å². The highest BCUT2D eigenvalue weighted by Gasteiger charge is 2.31. The van der Waals surface area contributed by atoms with Gasteiger partial charge in [0.2, 0.25) is 0 Å². The largest absolute Gasteiger partial charge is 0.497 e. The molecule has 0 aliphatic heterocycles. The zero-order valence-electron chi connectivity index (χ0n) is 16.1. The summed E-state index contributed by atoms with van der Waals surface area (Å²) in [7, 11) is 3.11. The zero-order chi connectivity index (χ0) is 20.4. The van der Waals surface area contributed by atoms with Crippen molar-refractivity contribution in [1.82, 2.24) is 10.2 Å². The molecule has 0 saturated heterocycles. The molecule has 0 spiro atoms. The first-order chi connectivity index (χ1) is 14.1. The lowest BCUT2D eigenvalue weighted by molar-refractivity contribution is 0.262. The van der Waals surface area contributed by atoms with Gasteiger partial charge in [-0.05, 0) is 37.1 Å². The number of carbonyl (C=O) groups is 1. The maximum atomic E-state index is 12.8. The fraction of sp³-hybridized carbons (Fsp3) is 0.238. The normalized spacial score (nSPS) is 13.1. The molecule has 1 saturated carbocycles. The number of hydrogen-bond donors (Lipinski definition) is 3. The van der Waals surface area contributed by atoms with Gasteiger partial charge in [-0.25, -0.2) is 4.79 Å². The first-order valence-corrected chi connectivity index (χ1v) is 9.61. The first-order valence-electron chi connectivity index (χ1n) is 9.23. The summed E-state index contributed by atoms with van der Waals surface area (Å²) in [5.41, 5.74) is 3.62. The number of nitrogens with zero attached hydrogens (tertiary/aromatic N) is 1. The van der Waals surface area contributed by atoms with Gasteiger partial charge < -0.3 is 20.1 Å². The van der Waals surface area contributed by atoms with Crippen LogP contribution in [-0.4, -0.2) is 30.4 Å². The molecule has 2 aromatic carbocycles. The number of aromatic amines is 1. The Morgan fingerprint density at radius 2 is 1.97 bits per heavy atom. The van der Waals surface area contributed by atoms with Gasteiger partial charge in [0, 0.05) is 22.6 Å². The van der Waals surface area contributed by atoms with Crippen LogP contribution in [0.1, 0.15) is 24.5 Å². The van der Waals surface area contributed by atoms with Crippen molar-refractivity contribution >= 4 is 29.0 Å². The molecule has 1 aliphatic carbocycles. The van der Waals surface area contributed by atoms with Crippen molar-refractivity contribution in [1.29, 1.82) is 0 Å². The van der Waals surface area contributed by atoms with Crippen molar-refractivity contribution in [2.75, 3.05) is 24.9 Å². The number of nitrogens with one attached hydrogen (secondary N) is 3. The topological polar surface area (TPSA) is 88.3 Å². The van der Waals surface area contributed by atoms with Crippen LogP contribution in [0.15, 0.2) is 42.5 Å². The molecule has 0 bridgehead atoms. The van der Waals surface area contributed by atoms with Crippen LogP contribution in [0.5, 0.6) is 11.5 Å². The summed E-state index contributed by atoms with van der Waals surface area (Å²) < 4.78 is 10.5. The molecule has 0 atom stereocenters. The van der Waals surface area contributed by atoms with Crippen LogP contribution in [-0.2, 0) is 0 Å². The third kappa shape index (κ3) is 4.14. The SMILES string of the molecule is COc1ccc(NC(=O)Nc2c(-c3cccc(Cl)c3)n[nH]c2C2CC2)c(OC)c1. The predicted molar refractivity (Wildman–Crippen MR) is 113 cm³/mol. The summed E-state index contributed by atoms with van der Waals surface area (Å²) in [5.74, 6) is 1.52. The summed E-state index contributed by atoms with van der Waals surface area (Å²) in [6, 6.07) is 12.2. The Morgan fingerprint density at radius 3 is 2.66 bits per heavy atom. The van der Waals surface area contributed by atoms with Crippen LogP contribution in [0.2, 0.25) is 5.02 Å². The molecule has 8 heteroatoms. The van der Waals surface area contributed by atoms with E-state index in [9.17, 15) is 4.79 Å². The maximum absolute atomic E-state index is 12.8. The quantitative estimate of drug-likeness (QED) is 0.514. The van der Waals surface area contributed by atoms with Gasteiger partial charge in [0.15, 0.2) is 0 Å². The molecule has 1 fully saturated rings. The standard InChI is InChI=1S/C21H21ClN4O3/c1-28-15-8-9-16(17(11-15)29-2)23-21(27)24-20-18(12-6-7-12)25-26-19(20)13-4-3-5-14(22)10-13/h3-5,8-12H,6-7H2,1-2H3,(H,25,26)(H2,23,24,27). The number of carbonyl (C=O) groups excluding carboxylic acids is 1. The highest BCUT2D eigenvalue weighted by molar-refractivity contribution is 6.30. The Hall–Kier alpha value is -3.19. The lowest BCUT2D eigenvalue weighted by Crippen LogP contribution is -2.20. The molecule has 3 aromatic rings. The minimum absolute atomic E-state index is 0.376. The van der Waals surface area contributed by atoms with Crippen LogP contribution in [0, 0.1) is 0 Å². The summed E-state index contributed by atoms with van der Waals surface area (Å²) in [5, 5.41) is 13.9. The molecule has 0 unspecified atom stereocenters. The number of halogens is 1. The van der Waals surface area contributed by atoms with Gasteiger partial charge in [-0.1, -0.05) is 23.7 Å². The number of methoxy groups -OCH3 is 2. The van der Waals surface area contributed by atoms with Gasteiger partial charge in [0.1, 0.15) is 17.2 Å². The van der Waals surface area contributed by atoms with Gasteiger partial charge in [-0.2, -0.15) is 5.10 Å². The molecule has 29 heavy (non-hydrogen) atoms. The van der Waals surface area contributed by atoms with Crippen LogP contribution < -0.4 is 20.1 Å². The number of anilines is 2. The number of ether oxygens (including phenoxy) is 2. The van der Waals surface area contributed by atoms with Gasteiger partial charge in [0.25, 0.3) is 0 Å². The Labute approximate surface area is 173 Å². The molecular formula is C21H21ClN4O3.